The smallest absolute Gasteiger partial charge is 0.295 e. The van der Waals surface area contributed by atoms with Gasteiger partial charge < -0.3 is 4.85 Å². The summed E-state index contributed by atoms with van der Waals surface area (Å²) in [7, 11) is 0. The summed E-state index contributed by atoms with van der Waals surface area (Å²) in [6.07, 6.45) is 1.78. The van der Waals surface area contributed by atoms with Crippen LogP contribution in [-0.2, 0) is 21.1 Å². The van der Waals surface area contributed by atoms with Crippen LogP contribution in [0.1, 0.15) is 0 Å². The summed E-state index contributed by atoms with van der Waals surface area (Å²) in [5.41, 5.74) is 3.00. The molecule has 0 unspecified atom stereocenters. The van der Waals surface area contributed by atoms with E-state index in [2.05, 4.69) is 16.0 Å². The first-order chi connectivity index (χ1) is 9.38. The number of para-hydroxylation sites is 1. The predicted octanol–water partition coefficient (Wildman–Crippen LogP) is 3.89. The molecule has 1 heterocycles. The third-order valence-corrected chi connectivity index (χ3v) is 2.84. The van der Waals surface area contributed by atoms with E-state index in [9.17, 15) is 0 Å². The average Bonchev–Trinajstić information content (AvgIpc) is 2.97. The van der Waals surface area contributed by atoms with E-state index in [1.54, 1.807) is 16.9 Å². The van der Waals surface area contributed by atoms with Crippen molar-refractivity contribution < 1.29 is 21.1 Å². The Morgan fingerprint density at radius 1 is 1.05 bits per heavy atom. The van der Waals surface area contributed by atoms with Gasteiger partial charge in [0.1, 0.15) is 0 Å². The number of hydrogen-bond donors (Lipinski definition) is 0. The molecule has 2 aromatic carbocycles. The molecule has 0 aliphatic rings. The summed E-state index contributed by atoms with van der Waals surface area (Å²) in [5.74, 6) is 0.385. The maximum absolute atomic E-state index is 6.98. The average molecular weight is 439 g/mol. The third kappa shape index (κ3) is 2.71. The summed E-state index contributed by atoms with van der Waals surface area (Å²) in [4.78, 5) is 3.32. The number of aromatic nitrogens is 2. The quantitative estimate of drug-likeness (QED) is 0.556. The van der Waals surface area contributed by atoms with Gasteiger partial charge in [0, 0.05) is 27.3 Å². The maximum atomic E-state index is 6.98. The first-order valence-corrected chi connectivity index (χ1v) is 5.88. The van der Waals surface area contributed by atoms with Gasteiger partial charge in [-0.05, 0) is 16.9 Å². The molecule has 100 valence electrons. The van der Waals surface area contributed by atoms with E-state index >= 15 is 0 Å². The largest absolute Gasteiger partial charge is 0.359 e. The SMILES string of the molecule is [C-]#[N+]c1ccn(-c2[c-]cccc2-c2ccccc2)n1.[Pt]. The van der Waals surface area contributed by atoms with Crippen LogP contribution in [-0.4, -0.2) is 9.78 Å². The molecule has 0 atom stereocenters. The van der Waals surface area contributed by atoms with Crippen LogP contribution in [0.2, 0.25) is 0 Å². The molecular formula is C16H10N3Pt-. The standard InChI is InChI=1S/C16H10N3.Pt/c1-17-16-11-12-19(18-16)15-10-6-5-9-14(15)13-7-3-2-4-8-13;/h2-9,11-12H;/q-1;. The van der Waals surface area contributed by atoms with Gasteiger partial charge in [-0.1, -0.05) is 42.5 Å². The van der Waals surface area contributed by atoms with E-state index in [0.29, 0.717) is 5.82 Å². The summed E-state index contributed by atoms with van der Waals surface area (Å²) in [6, 6.07) is 20.8. The molecule has 1 aromatic heterocycles. The van der Waals surface area contributed by atoms with Crippen LogP contribution in [0.5, 0.6) is 0 Å². The molecule has 0 aliphatic carbocycles. The Labute approximate surface area is 132 Å². The Balaban J connectivity index is 0.00000147. The zero-order chi connectivity index (χ0) is 13.1. The van der Waals surface area contributed by atoms with Gasteiger partial charge in [-0.2, -0.15) is 28.9 Å². The van der Waals surface area contributed by atoms with Crippen molar-refractivity contribution in [2.24, 2.45) is 0 Å². The van der Waals surface area contributed by atoms with E-state index in [-0.39, 0.29) is 21.1 Å². The molecule has 0 fully saturated rings. The molecular weight excluding hydrogens is 429 g/mol. The first kappa shape index (κ1) is 14.2. The summed E-state index contributed by atoms with van der Waals surface area (Å²) in [5, 5.41) is 4.22. The maximum Gasteiger partial charge on any atom is 0.295 e. The molecule has 0 saturated carbocycles. The van der Waals surface area contributed by atoms with Gasteiger partial charge in [0.15, 0.2) is 0 Å². The fraction of sp³-hybridized carbons (Fsp3) is 0. The van der Waals surface area contributed by atoms with Crippen molar-refractivity contribution in [3.63, 3.8) is 0 Å². The Morgan fingerprint density at radius 3 is 2.55 bits per heavy atom. The van der Waals surface area contributed by atoms with E-state index in [4.69, 9.17) is 6.57 Å². The van der Waals surface area contributed by atoms with Crippen molar-refractivity contribution in [3.05, 3.63) is 78.3 Å². The van der Waals surface area contributed by atoms with Gasteiger partial charge in [0.2, 0.25) is 0 Å². The molecule has 0 N–H and O–H groups in total. The van der Waals surface area contributed by atoms with Crippen LogP contribution >= 0.6 is 0 Å². The Kier molecular flexibility index (Phi) is 4.50. The minimum absolute atomic E-state index is 0. The molecule has 0 radical (unpaired) electrons. The van der Waals surface area contributed by atoms with Crippen molar-refractivity contribution in [1.82, 2.24) is 9.78 Å². The van der Waals surface area contributed by atoms with Crippen LogP contribution < -0.4 is 0 Å². The summed E-state index contributed by atoms with van der Waals surface area (Å²) < 4.78 is 1.69. The van der Waals surface area contributed by atoms with Gasteiger partial charge in [-0.15, -0.1) is 5.56 Å². The third-order valence-electron chi connectivity index (χ3n) is 2.84. The van der Waals surface area contributed by atoms with Crippen molar-refractivity contribution >= 4 is 5.82 Å². The fourth-order valence-electron chi connectivity index (χ4n) is 1.97. The number of rotatable bonds is 2. The van der Waals surface area contributed by atoms with Crippen molar-refractivity contribution in [2.75, 3.05) is 0 Å². The predicted molar refractivity (Wildman–Crippen MR) is 74.1 cm³/mol. The van der Waals surface area contributed by atoms with Crippen LogP contribution in [0, 0.1) is 12.6 Å². The van der Waals surface area contributed by atoms with Gasteiger partial charge in [-0.3, -0.25) is 0 Å². The minimum atomic E-state index is 0. The second-order valence-electron chi connectivity index (χ2n) is 4.03. The molecule has 0 amide bonds. The van der Waals surface area contributed by atoms with Crippen molar-refractivity contribution in [2.45, 2.75) is 0 Å². The summed E-state index contributed by atoms with van der Waals surface area (Å²) in [6.45, 7) is 6.98. The zero-order valence-corrected chi connectivity index (χ0v) is 12.7. The molecule has 3 rings (SSSR count). The Morgan fingerprint density at radius 2 is 1.85 bits per heavy atom. The van der Waals surface area contributed by atoms with E-state index in [1.807, 2.05) is 48.5 Å². The fourth-order valence-corrected chi connectivity index (χ4v) is 1.97. The van der Waals surface area contributed by atoms with E-state index in [1.165, 1.54) is 0 Å². The Bertz CT molecular complexity index is 742. The monoisotopic (exact) mass is 439 g/mol. The van der Waals surface area contributed by atoms with Crippen LogP contribution in [0.25, 0.3) is 21.7 Å². The second kappa shape index (κ2) is 6.32. The van der Waals surface area contributed by atoms with Crippen LogP contribution in [0.15, 0.2) is 60.8 Å². The Hall–Kier alpha value is -2.17. The van der Waals surface area contributed by atoms with Gasteiger partial charge in [0.25, 0.3) is 5.82 Å². The summed E-state index contributed by atoms with van der Waals surface area (Å²) >= 11 is 0. The zero-order valence-electron chi connectivity index (χ0n) is 10.4. The van der Waals surface area contributed by atoms with E-state index < -0.39 is 0 Å². The molecule has 0 saturated heterocycles. The normalized spacial score (nSPS) is 9.55. The number of benzene rings is 2. The molecule has 0 aliphatic heterocycles. The number of hydrogen-bond acceptors (Lipinski definition) is 1. The molecule has 0 spiro atoms. The topological polar surface area (TPSA) is 22.2 Å². The van der Waals surface area contributed by atoms with Crippen LogP contribution in [0.3, 0.4) is 0 Å². The molecule has 3 aromatic rings. The van der Waals surface area contributed by atoms with Crippen molar-refractivity contribution in [1.29, 1.82) is 0 Å². The van der Waals surface area contributed by atoms with Crippen LogP contribution in [0.4, 0.5) is 5.82 Å². The van der Waals surface area contributed by atoms with Gasteiger partial charge in [-0.25, -0.2) is 0 Å². The van der Waals surface area contributed by atoms with Gasteiger partial charge >= 0.3 is 0 Å². The second-order valence-corrected chi connectivity index (χ2v) is 4.03. The first-order valence-electron chi connectivity index (χ1n) is 5.88. The minimum Gasteiger partial charge on any atom is -0.359 e. The van der Waals surface area contributed by atoms with Gasteiger partial charge in [0.05, 0.1) is 0 Å². The number of nitrogens with zero attached hydrogens (tertiary/aromatic N) is 3. The van der Waals surface area contributed by atoms with Crippen molar-refractivity contribution in [3.8, 4) is 16.8 Å². The molecule has 4 heteroatoms. The van der Waals surface area contributed by atoms with E-state index in [0.717, 1.165) is 16.8 Å². The molecule has 3 nitrogen and oxygen atoms in total. The molecule has 0 bridgehead atoms. The molecule has 20 heavy (non-hydrogen) atoms.